The Hall–Kier alpha value is -2.22. The quantitative estimate of drug-likeness (QED) is 0.797. The van der Waals surface area contributed by atoms with Gasteiger partial charge in [-0.3, -0.25) is 0 Å². The van der Waals surface area contributed by atoms with E-state index >= 15 is 0 Å². The SMILES string of the molecule is CC(C)(C)c1c(N)nnn1Cc1nc(-c2ccsc2)no1. The van der Waals surface area contributed by atoms with E-state index in [4.69, 9.17) is 10.3 Å². The van der Waals surface area contributed by atoms with Crippen LogP contribution in [0, 0.1) is 0 Å². The van der Waals surface area contributed by atoms with E-state index in [0.717, 1.165) is 11.3 Å². The van der Waals surface area contributed by atoms with Gasteiger partial charge in [0.1, 0.15) is 6.54 Å². The standard InChI is InChI=1S/C13H16N6OS/c1-13(2,3)10-11(14)16-18-19(10)6-9-15-12(17-20-9)8-4-5-21-7-8/h4-5,7H,6,14H2,1-3H3. The smallest absolute Gasteiger partial charge is 0.248 e. The molecule has 0 amide bonds. The van der Waals surface area contributed by atoms with Crippen LogP contribution < -0.4 is 5.73 Å². The number of rotatable bonds is 3. The lowest BCUT2D eigenvalue weighted by atomic mass is 9.92. The van der Waals surface area contributed by atoms with Crippen LogP contribution in [0.1, 0.15) is 32.4 Å². The average Bonchev–Trinajstić information content (AvgIpc) is 3.09. The predicted molar refractivity (Wildman–Crippen MR) is 79.8 cm³/mol. The van der Waals surface area contributed by atoms with Crippen molar-refractivity contribution in [2.75, 3.05) is 5.73 Å². The Morgan fingerprint density at radius 3 is 2.86 bits per heavy atom. The van der Waals surface area contributed by atoms with E-state index in [2.05, 4.69) is 41.2 Å². The van der Waals surface area contributed by atoms with Gasteiger partial charge in [-0.15, -0.1) is 5.10 Å². The fraction of sp³-hybridized carbons (Fsp3) is 0.385. The molecule has 7 nitrogen and oxygen atoms in total. The molecule has 0 unspecified atom stereocenters. The second kappa shape index (κ2) is 4.96. The maximum Gasteiger partial charge on any atom is 0.248 e. The van der Waals surface area contributed by atoms with Crippen LogP contribution in [0.25, 0.3) is 11.4 Å². The van der Waals surface area contributed by atoms with Crippen LogP contribution in [0.15, 0.2) is 21.3 Å². The van der Waals surface area contributed by atoms with Crippen LogP contribution in [-0.2, 0) is 12.0 Å². The highest BCUT2D eigenvalue weighted by Crippen LogP contribution is 2.26. The third-order valence-corrected chi connectivity index (χ3v) is 3.69. The van der Waals surface area contributed by atoms with Crippen LogP contribution in [0.5, 0.6) is 0 Å². The van der Waals surface area contributed by atoms with E-state index in [1.807, 2.05) is 16.8 Å². The van der Waals surface area contributed by atoms with Gasteiger partial charge in [0.2, 0.25) is 11.7 Å². The molecule has 2 N–H and O–H groups in total. The Kier molecular flexibility index (Phi) is 3.25. The normalized spacial score (nSPS) is 12.0. The van der Waals surface area contributed by atoms with Crippen LogP contribution in [0.2, 0.25) is 0 Å². The van der Waals surface area contributed by atoms with E-state index in [-0.39, 0.29) is 5.41 Å². The minimum absolute atomic E-state index is 0.163. The summed E-state index contributed by atoms with van der Waals surface area (Å²) in [5.74, 6) is 1.49. The van der Waals surface area contributed by atoms with Gasteiger partial charge in [-0.25, -0.2) is 4.68 Å². The highest BCUT2D eigenvalue weighted by molar-refractivity contribution is 7.08. The molecule has 0 radical (unpaired) electrons. The van der Waals surface area contributed by atoms with Gasteiger partial charge in [-0.05, 0) is 11.4 Å². The van der Waals surface area contributed by atoms with Gasteiger partial charge in [0.15, 0.2) is 5.82 Å². The summed E-state index contributed by atoms with van der Waals surface area (Å²) < 4.78 is 6.99. The highest BCUT2D eigenvalue weighted by atomic mass is 32.1. The van der Waals surface area contributed by atoms with E-state index in [1.165, 1.54) is 0 Å². The van der Waals surface area contributed by atoms with Crippen molar-refractivity contribution in [3.63, 3.8) is 0 Å². The second-order valence-corrected chi connectivity index (χ2v) is 6.53. The van der Waals surface area contributed by atoms with E-state index in [0.29, 0.717) is 24.1 Å². The summed E-state index contributed by atoms with van der Waals surface area (Å²) >= 11 is 1.59. The summed E-state index contributed by atoms with van der Waals surface area (Å²) in [6, 6.07) is 1.95. The largest absolute Gasteiger partial charge is 0.381 e. The van der Waals surface area contributed by atoms with Crippen molar-refractivity contribution in [1.82, 2.24) is 25.1 Å². The topological polar surface area (TPSA) is 95.7 Å². The molecule has 21 heavy (non-hydrogen) atoms. The second-order valence-electron chi connectivity index (χ2n) is 5.75. The Morgan fingerprint density at radius 2 is 2.19 bits per heavy atom. The number of hydrogen-bond donors (Lipinski definition) is 1. The highest BCUT2D eigenvalue weighted by Gasteiger charge is 2.25. The van der Waals surface area contributed by atoms with Crippen molar-refractivity contribution in [2.45, 2.75) is 32.7 Å². The van der Waals surface area contributed by atoms with Crippen molar-refractivity contribution in [3.05, 3.63) is 28.4 Å². The molecule has 0 fully saturated rings. The predicted octanol–water partition coefficient (Wildman–Crippen LogP) is 2.32. The molecule has 110 valence electrons. The molecule has 0 aliphatic carbocycles. The van der Waals surface area contributed by atoms with E-state index in [9.17, 15) is 0 Å². The van der Waals surface area contributed by atoms with Gasteiger partial charge in [0.25, 0.3) is 0 Å². The first-order chi connectivity index (χ1) is 9.95. The van der Waals surface area contributed by atoms with Gasteiger partial charge in [-0.2, -0.15) is 16.3 Å². The van der Waals surface area contributed by atoms with Crippen molar-refractivity contribution in [2.24, 2.45) is 0 Å². The summed E-state index contributed by atoms with van der Waals surface area (Å²) in [7, 11) is 0. The molecule has 8 heteroatoms. The van der Waals surface area contributed by atoms with Crippen LogP contribution >= 0.6 is 11.3 Å². The molecular weight excluding hydrogens is 288 g/mol. The van der Waals surface area contributed by atoms with Crippen molar-refractivity contribution >= 4 is 17.2 Å². The Balaban J connectivity index is 1.88. The number of anilines is 1. The molecule has 0 spiro atoms. The molecule has 0 saturated heterocycles. The lowest BCUT2D eigenvalue weighted by Gasteiger charge is -2.19. The van der Waals surface area contributed by atoms with Gasteiger partial charge < -0.3 is 10.3 Å². The Labute approximate surface area is 125 Å². The molecule has 3 rings (SSSR count). The van der Waals surface area contributed by atoms with Crippen molar-refractivity contribution in [3.8, 4) is 11.4 Å². The lowest BCUT2D eigenvalue weighted by Crippen LogP contribution is -2.20. The first-order valence-electron chi connectivity index (χ1n) is 6.50. The van der Waals surface area contributed by atoms with E-state index in [1.54, 1.807) is 16.0 Å². The minimum atomic E-state index is -0.163. The first kappa shape index (κ1) is 13.7. The maximum atomic E-state index is 5.90. The number of thiophene rings is 1. The number of aromatic nitrogens is 5. The fourth-order valence-corrected chi connectivity index (χ4v) is 2.80. The summed E-state index contributed by atoms with van der Waals surface area (Å²) in [4.78, 5) is 4.38. The van der Waals surface area contributed by atoms with Gasteiger partial charge in [-0.1, -0.05) is 31.1 Å². The molecule has 3 heterocycles. The molecule has 3 aromatic heterocycles. The number of nitrogens with two attached hydrogens (primary N) is 1. The molecule has 0 aliphatic rings. The molecule has 0 aromatic carbocycles. The van der Waals surface area contributed by atoms with Crippen molar-refractivity contribution < 1.29 is 4.52 Å². The van der Waals surface area contributed by atoms with Crippen molar-refractivity contribution in [1.29, 1.82) is 0 Å². The molecule has 0 bridgehead atoms. The van der Waals surface area contributed by atoms with Crippen LogP contribution in [0.4, 0.5) is 5.82 Å². The molecule has 0 atom stereocenters. The minimum Gasteiger partial charge on any atom is -0.381 e. The summed E-state index contributed by atoms with van der Waals surface area (Å²) in [6.45, 7) is 6.53. The third-order valence-electron chi connectivity index (χ3n) is 3.00. The molecule has 3 aromatic rings. The number of nitrogens with zero attached hydrogens (tertiary/aromatic N) is 5. The first-order valence-corrected chi connectivity index (χ1v) is 7.44. The Bertz CT molecular complexity index is 737. The monoisotopic (exact) mass is 304 g/mol. The maximum absolute atomic E-state index is 5.90. The average molecular weight is 304 g/mol. The Morgan fingerprint density at radius 1 is 1.38 bits per heavy atom. The zero-order chi connectivity index (χ0) is 15.0. The van der Waals surface area contributed by atoms with Gasteiger partial charge in [0, 0.05) is 16.4 Å². The molecular formula is C13H16N6OS. The zero-order valence-electron chi connectivity index (χ0n) is 12.1. The van der Waals surface area contributed by atoms with E-state index < -0.39 is 0 Å². The third kappa shape index (κ3) is 2.66. The van der Waals surface area contributed by atoms with Gasteiger partial charge >= 0.3 is 0 Å². The summed E-state index contributed by atoms with van der Waals surface area (Å²) in [5, 5.41) is 15.9. The fourth-order valence-electron chi connectivity index (χ4n) is 2.16. The van der Waals surface area contributed by atoms with Gasteiger partial charge in [0.05, 0.1) is 5.69 Å². The molecule has 0 aliphatic heterocycles. The van der Waals surface area contributed by atoms with Crippen LogP contribution in [-0.4, -0.2) is 25.1 Å². The number of hydrogen-bond acceptors (Lipinski definition) is 7. The summed E-state index contributed by atoms with van der Waals surface area (Å²) in [5.41, 5.74) is 7.55. The molecule has 0 saturated carbocycles. The lowest BCUT2D eigenvalue weighted by molar-refractivity contribution is 0.358. The van der Waals surface area contributed by atoms with Crippen LogP contribution in [0.3, 0.4) is 0 Å². The summed E-state index contributed by atoms with van der Waals surface area (Å²) in [6.07, 6.45) is 0. The zero-order valence-corrected chi connectivity index (χ0v) is 12.9. The number of nitrogen functional groups attached to an aromatic ring is 1.